The van der Waals surface area contributed by atoms with E-state index in [2.05, 4.69) is 27.7 Å². The van der Waals surface area contributed by atoms with Crippen molar-refractivity contribution in [3.63, 3.8) is 0 Å². The van der Waals surface area contributed by atoms with Crippen molar-refractivity contribution in [2.45, 2.75) is 19.9 Å². The minimum absolute atomic E-state index is 0.576. The number of ether oxygens (including phenoxy) is 1. The molecule has 1 fully saturated rings. The highest BCUT2D eigenvalue weighted by Gasteiger charge is 2.19. The molecule has 2 N–H and O–H groups in total. The highest BCUT2D eigenvalue weighted by molar-refractivity contribution is 14.1. The van der Waals surface area contributed by atoms with E-state index >= 15 is 0 Å². The number of hydrogen-bond donors (Lipinski definition) is 1. The second-order valence-corrected chi connectivity index (χ2v) is 4.78. The molecule has 1 aliphatic rings. The van der Waals surface area contributed by atoms with E-state index in [1.165, 1.54) is 0 Å². The monoisotopic (exact) mass is 307 g/mol. The summed E-state index contributed by atoms with van der Waals surface area (Å²) >= 11 is 2.24. The van der Waals surface area contributed by atoms with Crippen LogP contribution in [-0.2, 0) is 11.3 Å². The summed E-state index contributed by atoms with van der Waals surface area (Å²) in [5.41, 5.74) is 6.95. The van der Waals surface area contributed by atoms with Crippen molar-refractivity contribution in [2.75, 3.05) is 18.9 Å². The SMILES string of the molecule is Cc1nn(CC2CCOC2)c(N)c1I. The molecule has 2 rings (SSSR count). The molecule has 1 atom stereocenters. The quantitative estimate of drug-likeness (QED) is 0.841. The third kappa shape index (κ3) is 1.88. The molecule has 1 aromatic rings. The van der Waals surface area contributed by atoms with Gasteiger partial charge in [-0.1, -0.05) is 0 Å². The molecule has 4 nitrogen and oxygen atoms in total. The zero-order valence-corrected chi connectivity index (χ0v) is 10.3. The maximum Gasteiger partial charge on any atom is 0.135 e. The lowest BCUT2D eigenvalue weighted by molar-refractivity contribution is 0.181. The van der Waals surface area contributed by atoms with Crippen LogP contribution >= 0.6 is 22.6 Å². The van der Waals surface area contributed by atoms with Gasteiger partial charge in [-0.05, 0) is 35.9 Å². The summed E-state index contributed by atoms with van der Waals surface area (Å²) in [4.78, 5) is 0. The Balaban J connectivity index is 2.12. The fraction of sp³-hybridized carbons (Fsp3) is 0.667. The summed E-state index contributed by atoms with van der Waals surface area (Å²) in [5.74, 6) is 1.36. The van der Waals surface area contributed by atoms with E-state index in [0.29, 0.717) is 5.92 Å². The van der Waals surface area contributed by atoms with Crippen molar-refractivity contribution in [1.82, 2.24) is 9.78 Å². The lowest BCUT2D eigenvalue weighted by atomic mass is 10.1. The average Bonchev–Trinajstić information content (AvgIpc) is 2.73. The van der Waals surface area contributed by atoms with Gasteiger partial charge < -0.3 is 10.5 Å². The fourth-order valence-electron chi connectivity index (χ4n) is 1.69. The molecule has 1 saturated heterocycles. The number of nitrogen functional groups attached to an aromatic ring is 1. The van der Waals surface area contributed by atoms with Gasteiger partial charge in [-0.15, -0.1) is 0 Å². The predicted octanol–water partition coefficient (Wildman–Crippen LogP) is 1.41. The molecule has 14 heavy (non-hydrogen) atoms. The van der Waals surface area contributed by atoms with Crippen LogP contribution in [0.4, 0.5) is 5.82 Å². The smallest absolute Gasteiger partial charge is 0.135 e. The standard InChI is InChI=1S/C9H14IN3O/c1-6-8(10)9(11)13(12-6)4-7-2-3-14-5-7/h7H,2-5,11H2,1H3. The Morgan fingerprint density at radius 3 is 3.00 bits per heavy atom. The van der Waals surface area contributed by atoms with Crippen molar-refractivity contribution >= 4 is 28.4 Å². The van der Waals surface area contributed by atoms with Gasteiger partial charge in [-0.3, -0.25) is 0 Å². The molecule has 0 saturated carbocycles. The Hall–Kier alpha value is -0.300. The number of rotatable bonds is 2. The van der Waals surface area contributed by atoms with Crippen LogP contribution in [0, 0.1) is 16.4 Å². The first-order valence-corrected chi connectivity index (χ1v) is 5.82. The molecule has 0 aromatic carbocycles. The van der Waals surface area contributed by atoms with E-state index in [0.717, 1.165) is 41.3 Å². The lowest BCUT2D eigenvalue weighted by Crippen LogP contribution is -2.14. The highest BCUT2D eigenvalue weighted by Crippen LogP contribution is 2.21. The fourth-order valence-corrected chi connectivity index (χ4v) is 2.07. The molecular formula is C9H14IN3O. The summed E-state index contributed by atoms with van der Waals surface area (Å²) < 4.78 is 8.29. The number of anilines is 1. The molecule has 5 heteroatoms. The molecule has 0 amide bonds. The van der Waals surface area contributed by atoms with Gasteiger partial charge in [0.15, 0.2) is 0 Å². The molecule has 78 valence electrons. The zero-order chi connectivity index (χ0) is 10.1. The topological polar surface area (TPSA) is 53.1 Å². The van der Waals surface area contributed by atoms with Crippen LogP contribution in [-0.4, -0.2) is 23.0 Å². The Morgan fingerprint density at radius 2 is 2.50 bits per heavy atom. The van der Waals surface area contributed by atoms with Gasteiger partial charge in [-0.25, -0.2) is 4.68 Å². The molecule has 1 unspecified atom stereocenters. The summed E-state index contributed by atoms with van der Waals surface area (Å²) in [6.07, 6.45) is 1.12. The molecule has 1 aromatic heterocycles. The Kier molecular flexibility index (Phi) is 2.96. The van der Waals surface area contributed by atoms with Crippen LogP contribution in [0.1, 0.15) is 12.1 Å². The molecule has 1 aliphatic heterocycles. The summed E-state index contributed by atoms with van der Waals surface area (Å²) in [6.45, 7) is 4.59. The van der Waals surface area contributed by atoms with Crippen LogP contribution in [0.15, 0.2) is 0 Å². The normalized spacial score (nSPS) is 21.7. The molecule has 2 heterocycles. The van der Waals surface area contributed by atoms with Crippen molar-refractivity contribution in [1.29, 1.82) is 0 Å². The number of aryl methyl sites for hydroxylation is 1. The van der Waals surface area contributed by atoms with Gasteiger partial charge in [0, 0.05) is 19.1 Å². The maximum atomic E-state index is 5.93. The highest BCUT2D eigenvalue weighted by atomic mass is 127. The molecular weight excluding hydrogens is 293 g/mol. The Bertz CT molecular complexity index is 331. The number of halogens is 1. The Labute approximate surface area is 96.9 Å². The van der Waals surface area contributed by atoms with Gasteiger partial charge in [-0.2, -0.15) is 5.10 Å². The van der Waals surface area contributed by atoms with Crippen LogP contribution in [0.25, 0.3) is 0 Å². The molecule has 0 radical (unpaired) electrons. The van der Waals surface area contributed by atoms with E-state index in [4.69, 9.17) is 10.5 Å². The van der Waals surface area contributed by atoms with E-state index in [1.807, 2.05) is 11.6 Å². The summed E-state index contributed by atoms with van der Waals surface area (Å²) in [7, 11) is 0. The number of nitrogens with zero attached hydrogens (tertiary/aromatic N) is 2. The average molecular weight is 307 g/mol. The van der Waals surface area contributed by atoms with Gasteiger partial charge in [0.05, 0.1) is 15.9 Å². The van der Waals surface area contributed by atoms with E-state index < -0.39 is 0 Å². The van der Waals surface area contributed by atoms with Crippen LogP contribution < -0.4 is 5.73 Å². The summed E-state index contributed by atoms with van der Waals surface area (Å²) in [6, 6.07) is 0. The van der Waals surface area contributed by atoms with Crippen LogP contribution in [0.2, 0.25) is 0 Å². The zero-order valence-electron chi connectivity index (χ0n) is 8.16. The van der Waals surface area contributed by atoms with Gasteiger partial charge in [0.25, 0.3) is 0 Å². The van der Waals surface area contributed by atoms with Crippen molar-refractivity contribution in [3.05, 3.63) is 9.26 Å². The van der Waals surface area contributed by atoms with Crippen LogP contribution in [0.3, 0.4) is 0 Å². The van der Waals surface area contributed by atoms with Gasteiger partial charge in [0.1, 0.15) is 5.82 Å². The van der Waals surface area contributed by atoms with E-state index in [-0.39, 0.29) is 0 Å². The first-order chi connectivity index (χ1) is 6.68. The van der Waals surface area contributed by atoms with Gasteiger partial charge >= 0.3 is 0 Å². The largest absolute Gasteiger partial charge is 0.383 e. The first-order valence-electron chi connectivity index (χ1n) is 4.74. The van der Waals surface area contributed by atoms with Crippen molar-refractivity contribution < 1.29 is 4.74 Å². The van der Waals surface area contributed by atoms with Gasteiger partial charge in [0.2, 0.25) is 0 Å². The Morgan fingerprint density at radius 1 is 1.71 bits per heavy atom. The minimum atomic E-state index is 0.576. The minimum Gasteiger partial charge on any atom is -0.383 e. The van der Waals surface area contributed by atoms with Crippen LogP contribution in [0.5, 0.6) is 0 Å². The second kappa shape index (κ2) is 4.06. The molecule has 0 bridgehead atoms. The second-order valence-electron chi connectivity index (χ2n) is 3.70. The third-order valence-corrected chi connectivity index (χ3v) is 3.88. The van der Waals surface area contributed by atoms with E-state index in [1.54, 1.807) is 0 Å². The number of aromatic nitrogens is 2. The third-order valence-electron chi connectivity index (χ3n) is 2.55. The number of nitrogens with two attached hydrogens (primary N) is 1. The lowest BCUT2D eigenvalue weighted by Gasteiger charge is -2.08. The van der Waals surface area contributed by atoms with Crippen molar-refractivity contribution in [2.24, 2.45) is 5.92 Å². The summed E-state index contributed by atoms with van der Waals surface area (Å²) in [5, 5.41) is 4.40. The first kappa shape index (κ1) is 10.2. The molecule has 0 spiro atoms. The molecule has 0 aliphatic carbocycles. The maximum absolute atomic E-state index is 5.93. The predicted molar refractivity (Wildman–Crippen MR) is 63.0 cm³/mol. The van der Waals surface area contributed by atoms with Crippen molar-refractivity contribution in [3.8, 4) is 0 Å². The number of hydrogen-bond acceptors (Lipinski definition) is 3. The van der Waals surface area contributed by atoms with E-state index in [9.17, 15) is 0 Å².